The van der Waals surface area contributed by atoms with Crippen molar-refractivity contribution in [2.45, 2.75) is 52.0 Å². The molecule has 1 fully saturated rings. The fraction of sp³-hybridized carbons (Fsp3) is 1.00. The van der Waals surface area contributed by atoms with Crippen LogP contribution in [-0.2, 0) is 0 Å². The first-order valence-electron chi connectivity index (χ1n) is 5.33. The highest BCUT2D eigenvalue weighted by Crippen LogP contribution is 2.37. The molecule has 0 heterocycles. The van der Waals surface area contributed by atoms with Crippen molar-refractivity contribution in [2.24, 2.45) is 5.41 Å². The number of hydrogen-bond donors (Lipinski definition) is 2. The van der Waals surface area contributed by atoms with Gasteiger partial charge in [0.2, 0.25) is 0 Å². The molecule has 0 saturated heterocycles. The summed E-state index contributed by atoms with van der Waals surface area (Å²) >= 11 is 0. The van der Waals surface area contributed by atoms with Gasteiger partial charge in [0.1, 0.15) is 0 Å². The van der Waals surface area contributed by atoms with Crippen molar-refractivity contribution in [3.05, 3.63) is 0 Å². The molecule has 0 aromatic rings. The molecule has 2 nitrogen and oxygen atoms in total. The Morgan fingerprint density at radius 1 is 1.23 bits per heavy atom. The van der Waals surface area contributed by atoms with Crippen molar-refractivity contribution < 1.29 is 5.11 Å². The maximum absolute atomic E-state index is 9.37. The lowest BCUT2D eigenvalue weighted by atomic mass is 9.86. The zero-order valence-electron chi connectivity index (χ0n) is 9.19. The summed E-state index contributed by atoms with van der Waals surface area (Å²) in [5.74, 6) is 0. The van der Waals surface area contributed by atoms with Crippen LogP contribution in [0.4, 0.5) is 0 Å². The van der Waals surface area contributed by atoms with Gasteiger partial charge in [0, 0.05) is 24.1 Å². The van der Waals surface area contributed by atoms with Crippen LogP contribution in [-0.4, -0.2) is 23.8 Å². The van der Waals surface area contributed by atoms with Gasteiger partial charge in [-0.25, -0.2) is 0 Å². The third-order valence-electron chi connectivity index (χ3n) is 2.99. The van der Waals surface area contributed by atoms with E-state index in [1.807, 2.05) is 0 Å². The van der Waals surface area contributed by atoms with Gasteiger partial charge < -0.3 is 10.4 Å². The Labute approximate surface area is 81.7 Å². The van der Waals surface area contributed by atoms with Crippen LogP contribution >= 0.6 is 0 Å². The van der Waals surface area contributed by atoms with E-state index in [1.165, 1.54) is 25.7 Å². The van der Waals surface area contributed by atoms with Gasteiger partial charge in [-0.1, -0.05) is 12.8 Å². The van der Waals surface area contributed by atoms with Gasteiger partial charge in [-0.15, -0.1) is 0 Å². The summed E-state index contributed by atoms with van der Waals surface area (Å²) in [5.41, 5.74) is 0.359. The fourth-order valence-electron chi connectivity index (χ4n) is 1.97. The van der Waals surface area contributed by atoms with Gasteiger partial charge in [-0.2, -0.15) is 0 Å². The number of rotatable bonds is 3. The highest BCUT2D eigenvalue weighted by atomic mass is 16.3. The molecular formula is C11H23NO. The highest BCUT2D eigenvalue weighted by Gasteiger charge is 2.33. The van der Waals surface area contributed by atoms with Crippen LogP contribution in [0, 0.1) is 5.41 Å². The summed E-state index contributed by atoms with van der Waals surface area (Å²) in [4.78, 5) is 0. The van der Waals surface area contributed by atoms with Gasteiger partial charge in [0.15, 0.2) is 0 Å². The molecular weight excluding hydrogens is 162 g/mol. The molecule has 0 amide bonds. The molecule has 1 aliphatic carbocycles. The molecule has 0 aromatic carbocycles. The zero-order valence-corrected chi connectivity index (χ0v) is 9.19. The topological polar surface area (TPSA) is 32.3 Å². The van der Waals surface area contributed by atoms with Crippen LogP contribution in [0.5, 0.6) is 0 Å². The Kier molecular flexibility index (Phi) is 3.36. The average molecular weight is 185 g/mol. The summed E-state index contributed by atoms with van der Waals surface area (Å²) < 4.78 is 0. The van der Waals surface area contributed by atoms with Crippen LogP contribution in [0.3, 0.4) is 0 Å². The van der Waals surface area contributed by atoms with Gasteiger partial charge in [-0.3, -0.25) is 0 Å². The summed E-state index contributed by atoms with van der Waals surface area (Å²) in [6, 6.07) is 0. The molecule has 78 valence electrons. The van der Waals surface area contributed by atoms with Crippen LogP contribution in [0.2, 0.25) is 0 Å². The van der Waals surface area contributed by atoms with Crippen LogP contribution in [0.25, 0.3) is 0 Å². The van der Waals surface area contributed by atoms with E-state index in [0.717, 1.165) is 6.54 Å². The van der Waals surface area contributed by atoms with Crippen molar-refractivity contribution in [1.82, 2.24) is 5.32 Å². The minimum Gasteiger partial charge on any atom is -0.396 e. The molecule has 2 N–H and O–H groups in total. The third kappa shape index (κ3) is 3.28. The maximum Gasteiger partial charge on any atom is 0.0499 e. The lowest BCUT2D eigenvalue weighted by molar-refractivity contribution is 0.120. The molecule has 0 aliphatic heterocycles. The minimum absolute atomic E-state index is 0.171. The van der Waals surface area contributed by atoms with E-state index in [-0.39, 0.29) is 11.0 Å². The van der Waals surface area contributed by atoms with E-state index in [1.54, 1.807) is 0 Å². The van der Waals surface area contributed by atoms with Crippen molar-refractivity contribution in [3.8, 4) is 0 Å². The number of hydrogen-bond acceptors (Lipinski definition) is 2. The van der Waals surface area contributed by atoms with E-state index >= 15 is 0 Å². The lowest BCUT2D eigenvalue weighted by Gasteiger charge is -2.31. The smallest absolute Gasteiger partial charge is 0.0499 e. The molecule has 0 unspecified atom stereocenters. The van der Waals surface area contributed by atoms with E-state index in [9.17, 15) is 5.11 Å². The summed E-state index contributed by atoms with van der Waals surface area (Å²) in [5, 5.41) is 12.9. The van der Waals surface area contributed by atoms with Crippen molar-refractivity contribution in [3.63, 3.8) is 0 Å². The molecule has 0 bridgehead atoms. The second-order valence-corrected chi connectivity index (χ2v) is 5.47. The quantitative estimate of drug-likeness (QED) is 0.704. The van der Waals surface area contributed by atoms with Gasteiger partial charge in [-0.05, 0) is 33.6 Å². The average Bonchev–Trinajstić information content (AvgIpc) is 2.49. The molecule has 0 aromatic heterocycles. The van der Waals surface area contributed by atoms with E-state index < -0.39 is 0 Å². The van der Waals surface area contributed by atoms with E-state index in [4.69, 9.17) is 0 Å². The SMILES string of the molecule is CC(C)(C)NCC1(CO)CCCC1. The van der Waals surface area contributed by atoms with Crippen LogP contribution in [0.1, 0.15) is 46.5 Å². The first-order valence-corrected chi connectivity index (χ1v) is 5.33. The zero-order chi connectivity index (χ0) is 9.95. The third-order valence-corrected chi connectivity index (χ3v) is 2.99. The fourth-order valence-corrected chi connectivity index (χ4v) is 1.97. The Hall–Kier alpha value is -0.0800. The Morgan fingerprint density at radius 2 is 1.77 bits per heavy atom. The molecule has 1 rings (SSSR count). The summed E-state index contributed by atoms with van der Waals surface area (Å²) in [6.07, 6.45) is 4.94. The predicted octanol–water partition coefficient (Wildman–Crippen LogP) is 1.93. The normalized spacial score (nSPS) is 22.2. The first-order chi connectivity index (χ1) is 5.97. The molecule has 1 saturated carbocycles. The number of aliphatic hydroxyl groups is 1. The van der Waals surface area contributed by atoms with Gasteiger partial charge in [0.05, 0.1) is 0 Å². The number of aliphatic hydroxyl groups excluding tert-OH is 1. The van der Waals surface area contributed by atoms with E-state index in [0.29, 0.717) is 6.61 Å². The molecule has 0 radical (unpaired) electrons. The Bertz CT molecular complexity index is 154. The maximum atomic E-state index is 9.37. The minimum atomic E-state index is 0.171. The van der Waals surface area contributed by atoms with Gasteiger partial charge >= 0.3 is 0 Å². The molecule has 2 heteroatoms. The largest absolute Gasteiger partial charge is 0.396 e. The molecule has 13 heavy (non-hydrogen) atoms. The molecule has 0 atom stereocenters. The van der Waals surface area contributed by atoms with Crippen molar-refractivity contribution >= 4 is 0 Å². The Balaban J connectivity index is 2.40. The second kappa shape index (κ2) is 3.97. The summed E-state index contributed by atoms with van der Waals surface area (Å²) in [7, 11) is 0. The lowest BCUT2D eigenvalue weighted by Crippen LogP contribution is -2.44. The standard InChI is InChI=1S/C11H23NO/c1-10(2,3)12-8-11(9-13)6-4-5-7-11/h12-13H,4-9H2,1-3H3. The van der Waals surface area contributed by atoms with Gasteiger partial charge in [0.25, 0.3) is 0 Å². The molecule has 1 aliphatic rings. The highest BCUT2D eigenvalue weighted by molar-refractivity contribution is 4.88. The van der Waals surface area contributed by atoms with Crippen molar-refractivity contribution in [1.29, 1.82) is 0 Å². The molecule has 0 spiro atoms. The number of nitrogens with one attached hydrogen (secondary N) is 1. The predicted molar refractivity (Wildman–Crippen MR) is 55.7 cm³/mol. The second-order valence-electron chi connectivity index (χ2n) is 5.47. The van der Waals surface area contributed by atoms with Crippen LogP contribution in [0.15, 0.2) is 0 Å². The van der Waals surface area contributed by atoms with Crippen LogP contribution < -0.4 is 5.32 Å². The van der Waals surface area contributed by atoms with E-state index in [2.05, 4.69) is 26.1 Å². The Morgan fingerprint density at radius 3 is 2.15 bits per heavy atom. The first kappa shape index (κ1) is 11.0. The monoisotopic (exact) mass is 185 g/mol. The summed E-state index contributed by atoms with van der Waals surface area (Å²) in [6.45, 7) is 7.83. The van der Waals surface area contributed by atoms with Crippen molar-refractivity contribution in [2.75, 3.05) is 13.2 Å².